The summed E-state index contributed by atoms with van der Waals surface area (Å²) >= 11 is 0. The molecule has 2 aromatic carbocycles. The Kier molecular flexibility index (Phi) is 3.84. The quantitative estimate of drug-likeness (QED) is 0.380. The molecule has 0 N–H and O–H groups in total. The summed E-state index contributed by atoms with van der Waals surface area (Å²) < 4.78 is 0. The lowest BCUT2D eigenvalue weighted by Gasteiger charge is -2.51. The minimum atomic E-state index is -0.341. The van der Waals surface area contributed by atoms with Crippen molar-refractivity contribution in [2.75, 3.05) is 11.4 Å². The van der Waals surface area contributed by atoms with Crippen LogP contribution >= 0.6 is 0 Å². The highest BCUT2D eigenvalue weighted by atomic mass is 16.6. The highest BCUT2D eigenvalue weighted by molar-refractivity contribution is 5.72. The number of hydrogen-bond donors (Lipinski definition) is 0. The van der Waals surface area contributed by atoms with Gasteiger partial charge in [0.2, 0.25) is 0 Å². The Labute approximate surface area is 179 Å². The molecular weight excluding hydrogens is 394 g/mol. The van der Waals surface area contributed by atoms with E-state index in [1.165, 1.54) is 6.07 Å². The third kappa shape index (κ3) is 2.59. The predicted molar refractivity (Wildman–Crippen MR) is 116 cm³/mol. The molecule has 0 bridgehead atoms. The van der Waals surface area contributed by atoms with E-state index in [0.29, 0.717) is 5.92 Å². The van der Waals surface area contributed by atoms with Gasteiger partial charge in [-0.15, -0.1) is 0 Å². The summed E-state index contributed by atoms with van der Waals surface area (Å²) in [6, 6.07) is 10.5. The van der Waals surface area contributed by atoms with Crippen LogP contribution in [0.4, 0.5) is 17.1 Å². The van der Waals surface area contributed by atoms with E-state index in [2.05, 4.69) is 29.2 Å². The Bertz CT molecular complexity index is 1170. The fourth-order valence-electron chi connectivity index (χ4n) is 6.27. The van der Waals surface area contributed by atoms with Crippen LogP contribution in [0.2, 0.25) is 0 Å². The summed E-state index contributed by atoms with van der Waals surface area (Å²) in [6.07, 6.45) is 10.5. The normalized spacial score (nSPS) is 29.4. The highest BCUT2D eigenvalue weighted by Gasteiger charge is 2.48. The van der Waals surface area contributed by atoms with E-state index in [1.54, 1.807) is 24.3 Å². The molecule has 31 heavy (non-hydrogen) atoms. The van der Waals surface area contributed by atoms with E-state index in [-0.39, 0.29) is 45.0 Å². The lowest BCUT2D eigenvalue weighted by Crippen LogP contribution is -2.46. The van der Waals surface area contributed by atoms with Crippen molar-refractivity contribution in [3.8, 4) is 0 Å². The van der Waals surface area contributed by atoms with E-state index in [1.807, 2.05) is 6.07 Å². The monoisotopic (exact) mass is 415 g/mol. The van der Waals surface area contributed by atoms with Crippen LogP contribution in [0, 0.1) is 32.1 Å². The van der Waals surface area contributed by atoms with Gasteiger partial charge in [-0.3, -0.25) is 20.2 Å². The van der Waals surface area contributed by atoms with Gasteiger partial charge in [-0.25, -0.2) is 0 Å². The van der Waals surface area contributed by atoms with Gasteiger partial charge >= 0.3 is 0 Å². The van der Waals surface area contributed by atoms with Gasteiger partial charge in [0, 0.05) is 48.3 Å². The summed E-state index contributed by atoms with van der Waals surface area (Å²) in [5.41, 5.74) is 4.37. The second kappa shape index (κ2) is 6.51. The minimum Gasteiger partial charge on any atom is -0.363 e. The summed E-state index contributed by atoms with van der Waals surface area (Å²) in [4.78, 5) is 24.9. The van der Waals surface area contributed by atoms with Crippen LogP contribution in [0.25, 0.3) is 0 Å². The molecule has 5 atom stereocenters. The molecule has 6 rings (SSSR count). The number of nitrogens with zero attached hydrogens (tertiary/aromatic N) is 3. The number of fused-ring (bicyclic) bond motifs is 4. The van der Waals surface area contributed by atoms with Crippen molar-refractivity contribution < 1.29 is 9.85 Å². The molecule has 4 aliphatic rings. The van der Waals surface area contributed by atoms with Crippen LogP contribution in [-0.4, -0.2) is 16.4 Å². The van der Waals surface area contributed by atoms with Crippen LogP contribution in [-0.2, 0) is 0 Å². The lowest BCUT2D eigenvalue weighted by atomic mass is 9.70. The van der Waals surface area contributed by atoms with E-state index in [9.17, 15) is 20.2 Å². The van der Waals surface area contributed by atoms with Gasteiger partial charge in [-0.05, 0) is 41.4 Å². The Hall–Kier alpha value is -3.48. The van der Waals surface area contributed by atoms with Crippen molar-refractivity contribution in [2.24, 2.45) is 11.8 Å². The minimum absolute atomic E-state index is 0.00848. The molecule has 0 radical (unpaired) electrons. The van der Waals surface area contributed by atoms with Crippen LogP contribution in [0.1, 0.15) is 47.4 Å². The SMILES string of the molecule is O=[N+]([O-])c1cccc([C@@H]2[C@H]3CC=C[C@@H]3c3cc([N+](=O)[O-])cc4c3N2C[C@H]2CC=C[C@H]42)c1. The predicted octanol–water partition coefficient (Wildman–Crippen LogP) is 5.40. The maximum Gasteiger partial charge on any atom is 0.270 e. The Morgan fingerprint density at radius 1 is 0.871 bits per heavy atom. The number of rotatable bonds is 3. The Balaban J connectivity index is 1.58. The number of nitro groups is 2. The molecule has 0 saturated heterocycles. The average Bonchev–Trinajstić information content (AvgIpc) is 3.43. The molecule has 0 aromatic heterocycles. The highest BCUT2D eigenvalue weighted by Crippen LogP contribution is 2.59. The zero-order chi connectivity index (χ0) is 21.3. The maximum atomic E-state index is 11.7. The van der Waals surface area contributed by atoms with Gasteiger partial charge in [0.25, 0.3) is 11.4 Å². The molecule has 2 heterocycles. The van der Waals surface area contributed by atoms with Crippen LogP contribution in [0.15, 0.2) is 60.7 Å². The first kappa shape index (κ1) is 18.3. The van der Waals surface area contributed by atoms with Gasteiger partial charge in [0.1, 0.15) is 0 Å². The molecule has 7 heteroatoms. The number of non-ortho nitro benzene ring substituents is 2. The number of allylic oxidation sites excluding steroid dienone is 4. The fourth-order valence-corrected chi connectivity index (χ4v) is 6.27. The zero-order valence-electron chi connectivity index (χ0n) is 16.8. The first-order chi connectivity index (χ1) is 15.0. The molecule has 2 aromatic rings. The van der Waals surface area contributed by atoms with Gasteiger partial charge in [-0.1, -0.05) is 36.4 Å². The summed E-state index contributed by atoms with van der Waals surface area (Å²) in [6.45, 7) is 0.853. The largest absolute Gasteiger partial charge is 0.363 e. The molecule has 7 nitrogen and oxygen atoms in total. The van der Waals surface area contributed by atoms with Crippen LogP contribution < -0.4 is 4.90 Å². The third-order valence-corrected chi connectivity index (χ3v) is 7.47. The first-order valence-corrected chi connectivity index (χ1v) is 10.7. The third-order valence-electron chi connectivity index (χ3n) is 7.47. The molecular formula is C24H21N3O4. The lowest BCUT2D eigenvalue weighted by molar-refractivity contribution is -0.385. The van der Waals surface area contributed by atoms with Crippen molar-refractivity contribution in [2.45, 2.75) is 30.7 Å². The second-order valence-corrected chi connectivity index (χ2v) is 8.98. The van der Waals surface area contributed by atoms with Gasteiger partial charge in [0.15, 0.2) is 0 Å². The summed E-state index contributed by atoms with van der Waals surface area (Å²) in [5.74, 6) is 0.846. The van der Waals surface area contributed by atoms with E-state index >= 15 is 0 Å². The van der Waals surface area contributed by atoms with Crippen molar-refractivity contribution in [1.29, 1.82) is 0 Å². The summed E-state index contributed by atoms with van der Waals surface area (Å²) in [7, 11) is 0. The van der Waals surface area contributed by atoms with Crippen molar-refractivity contribution >= 4 is 17.1 Å². The molecule has 156 valence electrons. The van der Waals surface area contributed by atoms with Gasteiger partial charge < -0.3 is 4.90 Å². The van der Waals surface area contributed by atoms with Crippen LogP contribution in [0.5, 0.6) is 0 Å². The topological polar surface area (TPSA) is 89.5 Å². The van der Waals surface area contributed by atoms with Crippen molar-refractivity contribution in [1.82, 2.24) is 0 Å². The van der Waals surface area contributed by atoms with Crippen molar-refractivity contribution in [3.05, 3.63) is 97.6 Å². The number of hydrogen-bond acceptors (Lipinski definition) is 5. The number of nitro benzene ring substituents is 2. The molecule has 0 spiro atoms. The molecule has 2 aliphatic heterocycles. The van der Waals surface area contributed by atoms with Gasteiger partial charge in [-0.2, -0.15) is 0 Å². The van der Waals surface area contributed by atoms with Crippen LogP contribution in [0.3, 0.4) is 0 Å². The summed E-state index contributed by atoms with van der Waals surface area (Å²) in [5, 5.41) is 23.2. The molecule has 0 amide bonds. The van der Waals surface area contributed by atoms with Gasteiger partial charge in [0.05, 0.1) is 15.9 Å². The van der Waals surface area contributed by atoms with E-state index in [4.69, 9.17) is 0 Å². The maximum absolute atomic E-state index is 11.7. The molecule has 0 saturated carbocycles. The smallest absolute Gasteiger partial charge is 0.270 e. The zero-order valence-corrected chi connectivity index (χ0v) is 16.8. The second-order valence-electron chi connectivity index (χ2n) is 8.98. The average molecular weight is 415 g/mol. The fraction of sp³-hybridized carbons (Fsp3) is 0.333. The van der Waals surface area contributed by atoms with E-state index < -0.39 is 0 Å². The first-order valence-electron chi connectivity index (χ1n) is 10.7. The molecule has 2 aliphatic carbocycles. The molecule has 0 fully saturated rings. The van der Waals surface area contributed by atoms with E-state index in [0.717, 1.165) is 41.8 Å². The van der Waals surface area contributed by atoms with Crippen molar-refractivity contribution in [3.63, 3.8) is 0 Å². The molecule has 0 unspecified atom stereocenters. The standard InChI is InChI=1S/C24H21N3O4/c28-26(29)16-6-1-4-14(10-16)23-20-9-3-8-19(20)22-12-17(27(30)31)11-21-18-7-2-5-15(18)13-25(23)24(21)22/h1-4,6-8,10-12,15,18-20,23H,5,9,13H2/t15-,18+,19+,20+,23-/m1/s1. The number of anilines is 1. The Morgan fingerprint density at radius 3 is 2.35 bits per heavy atom. The number of benzene rings is 2. The Morgan fingerprint density at radius 2 is 1.58 bits per heavy atom.